The molecule has 0 N–H and O–H groups in total. The number of methoxy groups -OCH3 is 2. The Kier molecular flexibility index (Phi) is 7.51. The standard InChI is InChI=1S/C23H27N3O4S2/c1-28-17-7-4-6-16(21(17)29-2)22(27)26(11-10-25-12-14-30-15-13-25)23-24-20-18(31-3)8-5-9-19(20)32-23/h4-9H,10-15H2,1-3H3. The van der Waals surface area contributed by atoms with Gasteiger partial charge in [-0.3, -0.25) is 14.6 Å². The number of amides is 1. The molecule has 170 valence electrons. The van der Waals surface area contributed by atoms with E-state index >= 15 is 0 Å². The molecule has 1 fully saturated rings. The third kappa shape index (κ3) is 4.71. The van der Waals surface area contributed by atoms with Gasteiger partial charge in [-0.1, -0.05) is 23.5 Å². The molecular formula is C23H27N3O4S2. The number of carbonyl (C=O) groups is 1. The summed E-state index contributed by atoms with van der Waals surface area (Å²) in [6, 6.07) is 11.5. The Balaban J connectivity index is 1.71. The maximum atomic E-state index is 13.8. The number of thioether (sulfide) groups is 1. The summed E-state index contributed by atoms with van der Waals surface area (Å²) in [6.07, 6.45) is 2.04. The number of thiazole rings is 1. The quantitative estimate of drug-likeness (QED) is 0.458. The van der Waals surface area contributed by atoms with Gasteiger partial charge in [0.15, 0.2) is 16.6 Å². The molecule has 32 heavy (non-hydrogen) atoms. The average Bonchev–Trinajstić information content (AvgIpc) is 3.28. The van der Waals surface area contributed by atoms with Crippen molar-refractivity contribution in [3.63, 3.8) is 0 Å². The van der Waals surface area contributed by atoms with E-state index in [9.17, 15) is 4.79 Å². The molecule has 0 bridgehead atoms. The van der Waals surface area contributed by atoms with E-state index in [-0.39, 0.29) is 5.91 Å². The van der Waals surface area contributed by atoms with Gasteiger partial charge in [-0.05, 0) is 30.5 Å². The number of carbonyl (C=O) groups excluding carboxylic acids is 1. The minimum Gasteiger partial charge on any atom is -0.493 e. The highest BCUT2D eigenvalue weighted by atomic mass is 32.2. The number of benzene rings is 2. The fourth-order valence-corrected chi connectivity index (χ4v) is 5.39. The van der Waals surface area contributed by atoms with Gasteiger partial charge in [0.05, 0.1) is 43.2 Å². The zero-order chi connectivity index (χ0) is 22.5. The van der Waals surface area contributed by atoms with Gasteiger partial charge in [0, 0.05) is 31.1 Å². The highest BCUT2D eigenvalue weighted by Gasteiger charge is 2.27. The smallest absolute Gasteiger partial charge is 0.264 e. The second-order valence-corrected chi connectivity index (χ2v) is 9.11. The lowest BCUT2D eigenvalue weighted by Crippen LogP contribution is -2.43. The molecule has 0 spiro atoms. The number of hydrogen-bond acceptors (Lipinski definition) is 8. The normalized spacial score (nSPS) is 14.5. The van der Waals surface area contributed by atoms with Crippen LogP contribution in [0, 0.1) is 0 Å². The predicted molar refractivity (Wildman–Crippen MR) is 130 cm³/mol. The predicted octanol–water partition coefficient (Wildman–Crippen LogP) is 4.01. The molecular weight excluding hydrogens is 446 g/mol. The van der Waals surface area contributed by atoms with E-state index in [1.54, 1.807) is 49.1 Å². The minimum atomic E-state index is -0.154. The maximum absolute atomic E-state index is 13.8. The number of rotatable bonds is 8. The van der Waals surface area contributed by atoms with Crippen LogP contribution in [-0.4, -0.2) is 75.7 Å². The molecule has 1 amide bonds. The Hall–Kier alpha value is -2.33. The summed E-state index contributed by atoms with van der Waals surface area (Å²) >= 11 is 3.19. The van der Waals surface area contributed by atoms with Crippen molar-refractivity contribution >= 4 is 44.4 Å². The fraction of sp³-hybridized carbons (Fsp3) is 0.391. The number of aromatic nitrogens is 1. The molecule has 0 saturated carbocycles. The lowest BCUT2D eigenvalue weighted by atomic mass is 10.1. The van der Waals surface area contributed by atoms with Gasteiger partial charge in [-0.15, -0.1) is 11.8 Å². The molecule has 0 atom stereocenters. The van der Waals surface area contributed by atoms with E-state index in [0.717, 1.165) is 48.0 Å². The summed E-state index contributed by atoms with van der Waals surface area (Å²) < 4.78 is 17.5. The van der Waals surface area contributed by atoms with E-state index in [1.165, 1.54) is 11.3 Å². The average molecular weight is 474 g/mol. The Labute approximate surface area is 196 Å². The lowest BCUT2D eigenvalue weighted by Gasteiger charge is -2.29. The fourth-order valence-electron chi connectivity index (χ4n) is 3.74. The van der Waals surface area contributed by atoms with Crippen molar-refractivity contribution in [3.05, 3.63) is 42.0 Å². The SMILES string of the molecule is COc1cccc(C(=O)N(CCN2CCOCC2)c2nc3c(SC)cccc3s2)c1OC. The molecule has 9 heteroatoms. The van der Waals surface area contributed by atoms with E-state index in [4.69, 9.17) is 19.2 Å². The zero-order valence-corrected chi connectivity index (χ0v) is 20.1. The first-order valence-corrected chi connectivity index (χ1v) is 12.5. The Morgan fingerprint density at radius 2 is 1.97 bits per heavy atom. The summed E-state index contributed by atoms with van der Waals surface area (Å²) in [5, 5.41) is 0.685. The van der Waals surface area contributed by atoms with Crippen LogP contribution < -0.4 is 14.4 Å². The molecule has 2 heterocycles. The third-order valence-electron chi connectivity index (χ3n) is 5.44. The second-order valence-electron chi connectivity index (χ2n) is 7.26. The molecule has 7 nitrogen and oxygen atoms in total. The van der Waals surface area contributed by atoms with Crippen LogP contribution >= 0.6 is 23.1 Å². The Bertz CT molecular complexity index is 1080. The number of ether oxygens (including phenoxy) is 3. The van der Waals surface area contributed by atoms with E-state index < -0.39 is 0 Å². The molecule has 3 aromatic rings. The summed E-state index contributed by atoms with van der Waals surface area (Å²) in [4.78, 5) is 23.9. The van der Waals surface area contributed by atoms with E-state index in [0.29, 0.717) is 28.7 Å². The summed E-state index contributed by atoms with van der Waals surface area (Å²) in [7, 11) is 3.12. The maximum Gasteiger partial charge on any atom is 0.264 e. The van der Waals surface area contributed by atoms with Crippen LogP contribution in [0.5, 0.6) is 11.5 Å². The number of nitrogens with zero attached hydrogens (tertiary/aromatic N) is 3. The zero-order valence-electron chi connectivity index (χ0n) is 18.5. The Morgan fingerprint density at radius 1 is 1.19 bits per heavy atom. The third-order valence-corrected chi connectivity index (χ3v) is 7.26. The molecule has 0 unspecified atom stereocenters. The van der Waals surface area contributed by atoms with Crippen LogP contribution in [0.15, 0.2) is 41.3 Å². The first kappa shape index (κ1) is 22.8. The van der Waals surface area contributed by atoms with Gasteiger partial charge in [-0.25, -0.2) is 4.98 Å². The summed E-state index contributed by atoms with van der Waals surface area (Å²) in [5.41, 5.74) is 1.39. The first-order valence-electron chi connectivity index (χ1n) is 10.4. The minimum absolute atomic E-state index is 0.154. The van der Waals surface area contributed by atoms with Crippen molar-refractivity contribution in [2.24, 2.45) is 0 Å². The lowest BCUT2D eigenvalue weighted by molar-refractivity contribution is 0.0391. The number of fused-ring (bicyclic) bond motifs is 1. The molecule has 1 aliphatic rings. The van der Waals surface area contributed by atoms with Gasteiger partial charge in [-0.2, -0.15) is 0 Å². The van der Waals surface area contributed by atoms with Gasteiger partial charge in [0.2, 0.25) is 0 Å². The highest BCUT2D eigenvalue weighted by molar-refractivity contribution is 7.98. The van der Waals surface area contributed by atoms with Gasteiger partial charge in [0.1, 0.15) is 0 Å². The topological polar surface area (TPSA) is 64.1 Å². The van der Waals surface area contributed by atoms with Gasteiger partial charge < -0.3 is 14.2 Å². The Morgan fingerprint density at radius 3 is 2.69 bits per heavy atom. The van der Waals surface area contributed by atoms with Crippen molar-refractivity contribution < 1.29 is 19.0 Å². The van der Waals surface area contributed by atoms with Crippen LogP contribution in [0.2, 0.25) is 0 Å². The summed E-state index contributed by atoms with van der Waals surface area (Å²) in [6.45, 7) is 4.42. The first-order chi connectivity index (χ1) is 15.7. The van der Waals surface area contributed by atoms with E-state index in [1.807, 2.05) is 18.4 Å². The van der Waals surface area contributed by atoms with Crippen LogP contribution in [0.25, 0.3) is 10.2 Å². The second kappa shape index (κ2) is 10.5. The van der Waals surface area contributed by atoms with Crippen molar-refractivity contribution in [2.45, 2.75) is 4.90 Å². The molecule has 1 aliphatic heterocycles. The van der Waals surface area contributed by atoms with Crippen LogP contribution in [0.4, 0.5) is 5.13 Å². The summed E-state index contributed by atoms with van der Waals surface area (Å²) in [5.74, 6) is 0.807. The van der Waals surface area contributed by atoms with Crippen molar-refractivity contribution in [2.75, 3.05) is 64.8 Å². The molecule has 1 saturated heterocycles. The number of para-hydroxylation sites is 2. The van der Waals surface area contributed by atoms with Crippen LogP contribution in [0.1, 0.15) is 10.4 Å². The van der Waals surface area contributed by atoms with E-state index in [2.05, 4.69) is 11.0 Å². The molecule has 1 aromatic heterocycles. The van der Waals surface area contributed by atoms with Gasteiger partial charge in [0.25, 0.3) is 5.91 Å². The molecule has 0 radical (unpaired) electrons. The van der Waals surface area contributed by atoms with Crippen molar-refractivity contribution in [1.29, 1.82) is 0 Å². The number of anilines is 1. The van der Waals surface area contributed by atoms with Crippen LogP contribution in [0.3, 0.4) is 0 Å². The molecule has 0 aliphatic carbocycles. The van der Waals surface area contributed by atoms with Crippen molar-refractivity contribution in [3.8, 4) is 11.5 Å². The van der Waals surface area contributed by atoms with Crippen LogP contribution in [-0.2, 0) is 4.74 Å². The monoisotopic (exact) mass is 473 g/mol. The largest absolute Gasteiger partial charge is 0.493 e. The van der Waals surface area contributed by atoms with Crippen molar-refractivity contribution in [1.82, 2.24) is 9.88 Å². The van der Waals surface area contributed by atoms with Gasteiger partial charge >= 0.3 is 0 Å². The molecule has 4 rings (SSSR count). The molecule has 2 aromatic carbocycles. The number of morpholine rings is 1. The highest BCUT2D eigenvalue weighted by Crippen LogP contribution is 2.36. The number of hydrogen-bond donors (Lipinski definition) is 0.